The molecule has 3 aliphatic rings. The summed E-state index contributed by atoms with van der Waals surface area (Å²) in [4.78, 5) is 30.1. The molecule has 0 unspecified atom stereocenters. The standard InChI is InChI=1S/C25H27FN8O/c26-15-3-1-2-14-12-25(22(28)20(14)15)7-10-33(11-8-25)19-13-30-21(23(29)32-19)24(35)34-9-6-16-17(34)4-5-18(27)31-16/h1-5,13,22H,6-12,28H2,(H2,27,31)(H2,29,32)/t22-/m1/s1. The first-order valence-electron chi connectivity index (χ1n) is 11.8. The van der Waals surface area contributed by atoms with Crippen molar-refractivity contribution in [3.63, 3.8) is 0 Å². The number of halogens is 1. The van der Waals surface area contributed by atoms with E-state index in [0.717, 1.165) is 36.2 Å². The van der Waals surface area contributed by atoms with Crippen LogP contribution in [-0.2, 0) is 12.8 Å². The van der Waals surface area contributed by atoms with Crippen molar-refractivity contribution in [1.82, 2.24) is 15.0 Å². The summed E-state index contributed by atoms with van der Waals surface area (Å²) < 4.78 is 14.4. The number of hydrogen-bond acceptors (Lipinski definition) is 8. The summed E-state index contributed by atoms with van der Waals surface area (Å²) in [6.45, 7) is 1.90. The van der Waals surface area contributed by atoms with Crippen molar-refractivity contribution in [2.75, 3.05) is 40.9 Å². The third kappa shape index (κ3) is 3.39. The molecule has 2 aliphatic heterocycles. The average molecular weight is 475 g/mol. The fourth-order valence-electron chi connectivity index (χ4n) is 5.88. The number of amides is 1. The predicted molar refractivity (Wildman–Crippen MR) is 131 cm³/mol. The summed E-state index contributed by atoms with van der Waals surface area (Å²) in [7, 11) is 0. The first-order valence-corrected chi connectivity index (χ1v) is 11.8. The van der Waals surface area contributed by atoms with Crippen LogP contribution in [0, 0.1) is 11.2 Å². The molecule has 3 aromatic rings. The maximum atomic E-state index is 14.4. The Morgan fingerprint density at radius 1 is 1.09 bits per heavy atom. The van der Waals surface area contributed by atoms with Gasteiger partial charge in [-0.25, -0.2) is 19.3 Å². The van der Waals surface area contributed by atoms with E-state index < -0.39 is 0 Å². The van der Waals surface area contributed by atoms with E-state index in [0.29, 0.717) is 43.3 Å². The van der Waals surface area contributed by atoms with Gasteiger partial charge in [-0.1, -0.05) is 12.1 Å². The van der Waals surface area contributed by atoms with Crippen molar-refractivity contribution < 1.29 is 9.18 Å². The molecule has 6 N–H and O–H groups in total. The zero-order valence-corrected chi connectivity index (χ0v) is 19.2. The zero-order chi connectivity index (χ0) is 24.3. The number of nitrogens with two attached hydrogens (primary N) is 3. The molecule has 4 heterocycles. The molecule has 1 fully saturated rings. The van der Waals surface area contributed by atoms with Crippen LogP contribution in [0.3, 0.4) is 0 Å². The molecule has 2 aromatic heterocycles. The van der Waals surface area contributed by atoms with Gasteiger partial charge in [-0.3, -0.25) is 4.79 Å². The number of piperidine rings is 1. The van der Waals surface area contributed by atoms with E-state index in [-0.39, 0.29) is 34.7 Å². The lowest BCUT2D eigenvalue weighted by Crippen LogP contribution is -2.44. The Bertz CT molecular complexity index is 1340. The Kier molecular flexibility index (Phi) is 4.89. The number of carbonyl (C=O) groups is 1. The number of benzene rings is 1. The van der Waals surface area contributed by atoms with Gasteiger partial charge in [0.05, 0.1) is 17.6 Å². The maximum absolute atomic E-state index is 14.4. The molecule has 1 spiro atoms. The van der Waals surface area contributed by atoms with E-state index >= 15 is 0 Å². The molecule has 0 saturated carbocycles. The SMILES string of the molecule is Nc1ccc2c(n1)CCN2C(=O)c1ncc(N2CCC3(CC2)Cc2cccc(F)c2[C@H]3N)nc1N. The van der Waals surface area contributed by atoms with Gasteiger partial charge >= 0.3 is 0 Å². The van der Waals surface area contributed by atoms with E-state index in [1.807, 2.05) is 6.07 Å². The molecule has 1 aliphatic carbocycles. The minimum atomic E-state index is -0.315. The normalized spacial score (nSPS) is 20.2. The van der Waals surface area contributed by atoms with E-state index in [4.69, 9.17) is 17.2 Å². The third-order valence-electron chi connectivity index (χ3n) is 7.81. The number of rotatable bonds is 2. The number of fused-ring (bicyclic) bond motifs is 2. The van der Waals surface area contributed by atoms with Crippen molar-refractivity contribution in [3.05, 3.63) is 64.9 Å². The Balaban J connectivity index is 1.17. The minimum absolute atomic E-state index is 0.0942. The van der Waals surface area contributed by atoms with Gasteiger partial charge in [-0.15, -0.1) is 0 Å². The fraction of sp³-hybridized carbons (Fsp3) is 0.360. The molecule has 0 radical (unpaired) electrons. The largest absolute Gasteiger partial charge is 0.384 e. The fourth-order valence-corrected chi connectivity index (χ4v) is 5.88. The number of carbonyl (C=O) groups excluding carboxylic acids is 1. The lowest BCUT2D eigenvalue weighted by molar-refractivity contribution is 0.0985. The van der Waals surface area contributed by atoms with Crippen LogP contribution in [0.5, 0.6) is 0 Å². The lowest BCUT2D eigenvalue weighted by Gasteiger charge is -2.42. The Hall–Kier alpha value is -3.79. The number of hydrogen-bond donors (Lipinski definition) is 3. The van der Waals surface area contributed by atoms with Crippen LogP contribution < -0.4 is 27.0 Å². The van der Waals surface area contributed by atoms with Crippen molar-refractivity contribution in [2.45, 2.75) is 31.7 Å². The highest BCUT2D eigenvalue weighted by Crippen LogP contribution is 2.51. The summed E-state index contributed by atoms with van der Waals surface area (Å²) >= 11 is 0. The second kappa shape index (κ2) is 7.88. The van der Waals surface area contributed by atoms with Crippen LogP contribution in [0.2, 0.25) is 0 Å². The van der Waals surface area contributed by atoms with Crippen LogP contribution >= 0.6 is 0 Å². The number of nitrogen functional groups attached to an aromatic ring is 2. The predicted octanol–water partition coefficient (Wildman–Crippen LogP) is 2.22. The molecule has 10 heteroatoms. The molecule has 1 saturated heterocycles. The van der Waals surface area contributed by atoms with E-state index in [2.05, 4.69) is 19.9 Å². The Labute approximate surface area is 202 Å². The third-order valence-corrected chi connectivity index (χ3v) is 7.81. The van der Waals surface area contributed by atoms with Crippen LogP contribution in [-0.4, -0.2) is 40.5 Å². The van der Waals surface area contributed by atoms with Gasteiger partial charge in [0.25, 0.3) is 5.91 Å². The van der Waals surface area contributed by atoms with Crippen molar-refractivity contribution in [3.8, 4) is 0 Å². The van der Waals surface area contributed by atoms with E-state index in [1.165, 1.54) is 6.07 Å². The van der Waals surface area contributed by atoms with Crippen molar-refractivity contribution >= 4 is 29.0 Å². The number of anilines is 4. The van der Waals surface area contributed by atoms with Crippen LogP contribution in [0.1, 0.15) is 46.2 Å². The average Bonchev–Trinajstić information content (AvgIpc) is 3.38. The van der Waals surface area contributed by atoms with Crippen molar-refractivity contribution in [1.29, 1.82) is 0 Å². The monoisotopic (exact) mass is 474 g/mol. The summed E-state index contributed by atoms with van der Waals surface area (Å²) in [5.41, 5.74) is 21.7. The maximum Gasteiger partial charge on any atom is 0.280 e. The topological polar surface area (TPSA) is 140 Å². The van der Waals surface area contributed by atoms with Crippen LogP contribution in [0.25, 0.3) is 0 Å². The van der Waals surface area contributed by atoms with Gasteiger partial charge < -0.3 is 27.0 Å². The van der Waals surface area contributed by atoms with Gasteiger partial charge in [0.15, 0.2) is 11.5 Å². The van der Waals surface area contributed by atoms with Gasteiger partial charge in [0.1, 0.15) is 17.5 Å². The van der Waals surface area contributed by atoms with Crippen LogP contribution in [0.15, 0.2) is 36.5 Å². The molecule has 9 nitrogen and oxygen atoms in total. The molecule has 35 heavy (non-hydrogen) atoms. The molecule has 0 bridgehead atoms. The summed E-state index contributed by atoms with van der Waals surface area (Å²) in [6.07, 6.45) is 4.64. The first kappa shape index (κ1) is 21.7. The van der Waals surface area contributed by atoms with E-state index in [9.17, 15) is 9.18 Å². The molecule has 1 atom stereocenters. The van der Waals surface area contributed by atoms with Crippen LogP contribution in [0.4, 0.5) is 27.5 Å². The molecular weight excluding hydrogens is 447 g/mol. The number of pyridine rings is 1. The highest BCUT2D eigenvalue weighted by Gasteiger charge is 2.47. The quantitative estimate of drug-likeness (QED) is 0.514. The Morgan fingerprint density at radius 2 is 1.89 bits per heavy atom. The van der Waals surface area contributed by atoms with Crippen molar-refractivity contribution in [2.24, 2.45) is 11.1 Å². The molecular formula is C25H27FN8O. The summed E-state index contributed by atoms with van der Waals surface area (Å²) in [6, 6.07) is 8.37. The highest BCUT2D eigenvalue weighted by molar-refractivity contribution is 6.08. The number of nitrogens with zero attached hydrogens (tertiary/aromatic N) is 5. The Morgan fingerprint density at radius 3 is 2.63 bits per heavy atom. The highest BCUT2D eigenvalue weighted by atomic mass is 19.1. The second-order valence-corrected chi connectivity index (χ2v) is 9.69. The van der Waals surface area contributed by atoms with Gasteiger partial charge in [0.2, 0.25) is 0 Å². The summed E-state index contributed by atoms with van der Waals surface area (Å²) in [5.74, 6) is 0.629. The van der Waals surface area contributed by atoms with Gasteiger partial charge in [0, 0.05) is 37.7 Å². The minimum Gasteiger partial charge on any atom is -0.384 e. The molecule has 180 valence electrons. The first-order chi connectivity index (χ1) is 16.9. The molecule has 6 rings (SSSR count). The van der Waals surface area contributed by atoms with E-state index in [1.54, 1.807) is 29.3 Å². The molecule has 1 aromatic carbocycles. The smallest absolute Gasteiger partial charge is 0.280 e. The van der Waals surface area contributed by atoms with Gasteiger partial charge in [-0.05, 0) is 48.4 Å². The zero-order valence-electron chi connectivity index (χ0n) is 19.2. The number of aromatic nitrogens is 3. The lowest BCUT2D eigenvalue weighted by atomic mass is 9.73. The second-order valence-electron chi connectivity index (χ2n) is 9.69. The molecule has 1 amide bonds. The summed E-state index contributed by atoms with van der Waals surface area (Å²) in [5, 5.41) is 0. The van der Waals surface area contributed by atoms with Gasteiger partial charge in [-0.2, -0.15) is 0 Å².